The van der Waals surface area contributed by atoms with Crippen molar-refractivity contribution in [3.63, 3.8) is 0 Å². The standard InChI is InChI=1S/C46H61FN2O5/c1-27(2)31-15-20-46(41(54)49-26-29-11-13-34(47)32(24-29)39(51)48-25-28-9-8-10-30(23-28)40(52)53)22-21-44(6)33(38(31)46)12-14-36-43(5)18-17-37(50)42(3,4)35(43)16-19-45(36,44)7/h8-11,13,23-24,31,33,35-38,50H,1,12,14-22,25-26H2,2-7H3,(H,48,51)(H,49,54)(H,52,53)/t31-,33?,35?,36?,37-,38?,43-,44+,45+,46-/m0/s1. The highest BCUT2D eigenvalue weighted by Gasteiger charge is 2.71. The highest BCUT2D eigenvalue weighted by molar-refractivity contribution is 5.94. The first-order valence-corrected chi connectivity index (χ1v) is 20.4. The van der Waals surface area contributed by atoms with Gasteiger partial charge in [-0.3, -0.25) is 9.59 Å². The quantitative estimate of drug-likeness (QED) is 0.202. The predicted molar refractivity (Wildman–Crippen MR) is 208 cm³/mol. The molecule has 5 aliphatic carbocycles. The molecule has 0 saturated heterocycles. The minimum absolute atomic E-state index is 0.0506. The average Bonchev–Trinajstić information content (AvgIpc) is 3.54. The lowest BCUT2D eigenvalue weighted by molar-refractivity contribution is -0.246. The molecule has 4 N–H and O–H groups in total. The minimum Gasteiger partial charge on any atom is -0.478 e. The molecule has 0 aliphatic heterocycles. The number of halogens is 1. The molecule has 0 radical (unpaired) electrons. The van der Waals surface area contributed by atoms with Crippen LogP contribution in [0.2, 0.25) is 0 Å². The number of aliphatic hydroxyl groups is 1. The van der Waals surface area contributed by atoms with Crippen molar-refractivity contribution in [2.75, 3.05) is 0 Å². The third-order valence-corrected chi connectivity index (χ3v) is 16.9. The number of benzene rings is 2. The van der Waals surface area contributed by atoms with Gasteiger partial charge < -0.3 is 20.8 Å². The van der Waals surface area contributed by atoms with Crippen molar-refractivity contribution in [1.82, 2.24) is 10.6 Å². The summed E-state index contributed by atoms with van der Waals surface area (Å²) in [5.41, 5.74) is 2.24. The highest BCUT2D eigenvalue weighted by atomic mass is 19.1. The topological polar surface area (TPSA) is 116 Å². The van der Waals surface area contributed by atoms with Crippen molar-refractivity contribution in [3.8, 4) is 0 Å². The van der Waals surface area contributed by atoms with Gasteiger partial charge in [-0.25, -0.2) is 9.18 Å². The Bertz CT molecular complexity index is 1860. The smallest absolute Gasteiger partial charge is 0.335 e. The van der Waals surface area contributed by atoms with Gasteiger partial charge in [0.1, 0.15) is 5.82 Å². The Morgan fingerprint density at radius 1 is 0.815 bits per heavy atom. The number of hydrogen-bond acceptors (Lipinski definition) is 4. The van der Waals surface area contributed by atoms with E-state index in [1.807, 2.05) is 0 Å². The summed E-state index contributed by atoms with van der Waals surface area (Å²) >= 11 is 0. The van der Waals surface area contributed by atoms with Crippen LogP contribution in [-0.2, 0) is 17.9 Å². The number of fused-ring (bicyclic) bond motifs is 7. The molecule has 7 rings (SSSR count). The zero-order valence-electron chi connectivity index (χ0n) is 33.2. The molecule has 54 heavy (non-hydrogen) atoms. The van der Waals surface area contributed by atoms with E-state index in [0.717, 1.165) is 51.4 Å². The molecule has 2 aromatic rings. The number of rotatable bonds is 8. The highest BCUT2D eigenvalue weighted by Crippen LogP contribution is 2.77. The second-order valence-corrected chi connectivity index (χ2v) is 19.4. The van der Waals surface area contributed by atoms with Crippen LogP contribution in [-0.4, -0.2) is 34.1 Å². The van der Waals surface area contributed by atoms with Crippen molar-refractivity contribution in [3.05, 3.63) is 82.7 Å². The third kappa shape index (κ3) is 5.87. The molecule has 0 spiro atoms. The molecule has 292 valence electrons. The van der Waals surface area contributed by atoms with Gasteiger partial charge in [-0.05, 0) is 158 Å². The van der Waals surface area contributed by atoms with Gasteiger partial charge in [0.2, 0.25) is 5.91 Å². The molecule has 10 atom stereocenters. The SMILES string of the molecule is C=C(C)[C@@H]1CC[C@]2(C(=O)NCc3ccc(F)c(C(=O)NCc4cccc(C(=O)O)c4)c3)CC[C@]3(C)C(CCC4[C@@]5(C)CC[C@H](O)C(C)(C)C5CC[C@]43C)C12. The van der Waals surface area contributed by atoms with Crippen LogP contribution in [0.25, 0.3) is 0 Å². The van der Waals surface area contributed by atoms with Crippen molar-refractivity contribution in [2.24, 2.45) is 56.7 Å². The monoisotopic (exact) mass is 740 g/mol. The Labute approximate surface area is 321 Å². The van der Waals surface area contributed by atoms with Crippen LogP contribution in [0.15, 0.2) is 54.6 Å². The van der Waals surface area contributed by atoms with Gasteiger partial charge in [0.25, 0.3) is 5.91 Å². The fourth-order valence-corrected chi connectivity index (χ4v) is 13.8. The molecule has 7 nitrogen and oxygen atoms in total. The number of aromatic carboxylic acids is 1. The molecule has 0 aromatic heterocycles. The zero-order chi connectivity index (χ0) is 39.0. The van der Waals surface area contributed by atoms with E-state index in [-0.39, 0.29) is 69.7 Å². The largest absolute Gasteiger partial charge is 0.478 e. The predicted octanol–water partition coefficient (Wildman–Crippen LogP) is 9.09. The second-order valence-electron chi connectivity index (χ2n) is 19.4. The minimum atomic E-state index is -1.06. The number of hydrogen-bond donors (Lipinski definition) is 4. The van der Waals surface area contributed by atoms with Crippen molar-refractivity contribution in [2.45, 2.75) is 125 Å². The molecule has 4 unspecified atom stereocenters. The fourth-order valence-electron chi connectivity index (χ4n) is 13.8. The van der Waals surface area contributed by atoms with Crippen LogP contribution in [0.3, 0.4) is 0 Å². The van der Waals surface area contributed by atoms with E-state index >= 15 is 0 Å². The lowest BCUT2D eigenvalue weighted by Gasteiger charge is -2.72. The fraction of sp³-hybridized carbons (Fsp3) is 0.630. The van der Waals surface area contributed by atoms with Gasteiger partial charge in [-0.2, -0.15) is 0 Å². The first kappa shape index (κ1) is 38.7. The Balaban J connectivity index is 1.10. The van der Waals surface area contributed by atoms with Crippen LogP contribution < -0.4 is 10.6 Å². The van der Waals surface area contributed by atoms with Crippen LogP contribution in [0.1, 0.15) is 138 Å². The Morgan fingerprint density at radius 2 is 1.54 bits per heavy atom. The van der Waals surface area contributed by atoms with Crippen LogP contribution in [0.4, 0.5) is 4.39 Å². The molecule has 5 fully saturated rings. The number of nitrogens with one attached hydrogen (secondary N) is 2. The van der Waals surface area contributed by atoms with E-state index < -0.39 is 23.1 Å². The molecule has 0 bridgehead atoms. The lowest BCUT2D eigenvalue weighted by atomic mass is 9.32. The van der Waals surface area contributed by atoms with Crippen molar-refractivity contribution in [1.29, 1.82) is 0 Å². The lowest BCUT2D eigenvalue weighted by Crippen LogP contribution is -2.67. The molecule has 2 aromatic carbocycles. The number of allylic oxidation sites excluding steroid dienone is 1. The van der Waals surface area contributed by atoms with Gasteiger partial charge >= 0.3 is 5.97 Å². The third-order valence-electron chi connectivity index (χ3n) is 16.9. The molecule has 5 aliphatic rings. The summed E-state index contributed by atoms with van der Waals surface area (Å²) < 4.78 is 15.0. The average molecular weight is 741 g/mol. The number of carboxylic acid groups (broad SMARTS) is 1. The maximum Gasteiger partial charge on any atom is 0.335 e. The molecular formula is C46H61FN2O5. The second kappa shape index (κ2) is 13.6. The summed E-state index contributed by atoms with van der Waals surface area (Å²) in [7, 11) is 0. The van der Waals surface area contributed by atoms with E-state index in [2.05, 4.69) is 58.8 Å². The maximum absolute atomic E-state index is 15.0. The van der Waals surface area contributed by atoms with E-state index in [1.54, 1.807) is 18.2 Å². The van der Waals surface area contributed by atoms with Gasteiger partial charge in [-0.15, -0.1) is 0 Å². The molecule has 0 heterocycles. The van der Waals surface area contributed by atoms with Gasteiger partial charge in [0.15, 0.2) is 0 Å². The zero-order valence-corrected chi connectivity index (χ0v) is 33.2. The van der Waals surface area contributed by atoms with E-state index in [0.29, 0.717) is 28.9 Å². The van der Waals surface area contributed by atoms with Gasteiger partial charge in [0.05, 0.1) is 22.6 Å². The molecule has 2 amide bonds. The number of amides is 2. The molecular weight excluding hydrogens is 680 g/mol. The summed E-state index contributed by atoms with van der Waals surface area (Å²) in [5.74, 6) is -0.274. The van der Waals surface area contributed by atoms with Gasteiger partial charge in [0, 0.05) is 13.1 Å². The maximum atomic E-state index is 15.0. The summed E-state index contributed by atoms with van der Waals surface area (Å²) in [6.45, 7) is 19.2. The summed E-state index contributed by atoms with van der Waals surface area (Å²) in [6, 6.07) is 10.7. The Hall–Kier alpha value is -3.52. The van der Waals surface area contributed by atoms with Gasteiger partial charge in [-0.1, -0.05) is 65.0 Å². The van der Waals surface area contributed by atoms with Crippen molar-refractivity contribution >= 4 is 17.8 Å². The van der Waals surface area contributed by atoms with E-state index in [9.17, 15) is 29.0 Å². The van der Waals surface area contributed by atoms with Crippen molar-refractivity contribution < 1.29 is 29.0 Å². The molecule has 8 heteroatoms. The number of aliphatic hydroxyl groups excluding tert-OH is 1. The Morgan fingerprint density at radius 3 is 2.26 bits per heavy atom. The first-order valence-electron chi connectivity index (χ1n) is 20.4. The number of carboxylic acids is 1. The summed E-state index contributed by atoms with van der Waals surface area (Å²) in [5, 5.41) is 26.4. The van der Waals surface area contributed by atoms with Crippen LogP contribution >= 0.6 is 0 Å². The number of carbonyl (C=O) groups is 3. The summed E-state index contributed by atoms with van der Waals surface area (Å²) in [6.07, 6.45) is 9.95. The Kier molecular flexibility index (Phi) is 9.76. The van der Waals surface area contributed by atoms with Crippen LogP contribution in [0, 0.1) is 62.5 Å². The molecule has 5 saturated carbocycles. The van der Waals surface area contributed by atoms with E-state index in [1.165, 1.54) is 42.7 Å². The first-order chi connectivity index (χ1) is 25.4. The van der Waals surface area contributed by atoms with Crippen LogP contribution in [0.5, 0.6) is 0 Å². The normalized spacial score (nSPS) is 37.9. The van der Waals surface area contributed by atoms with E-state index in [4.69, 9.17) is 0 Å². The summed E-state index contributed by atoms with van der Waals surface area (Å²) in [4.78, 5) is 39.1. The number of carbonyl (C=O) groups excluding carboxylic acids is 2.